The Balaban J connectivity index is 2.18. The van der Waals surface area contributed by atoms with E-state index in [2.05, 4.69) is 17.4 Å². The van der Waals surface area contributed by atoms with E-state index in [1.54, 1.807) is 4.90 Å². The standard InChI is InChI=1S/C24H32N2O2/c1-17(2)25-24(28)20(5)26(14-13-21-9-7-6-8-10-21)23(27)16-22-15-18(3)11-12-19(22)4/h6-12,15,17,20H,13-14,16H2,1-5H3,(H,25,28)/t20-/m0/s1. The number of hydrogen-bond acceptors (Lipinski definition) is 2. The highest BCUT2D eigenvalue weighted by Gasteiger charge is 2.26. The van der Waals surface area contributed by atoms with Crippen LogP contribution in [0.4, 0.5) is 0 Å². The second kappa shape index (κ2) is 10.1. The van der Waals surface area contributed by atoms with Gasteiger partial charge in [0.15, 0.2) is 0 Å². The van der Waals surface area contributed by atoms with Gasteiger partial charge in [-0.1, -0.05) is 54.1 Å². The van der Waals surface area contributed by atoms with E-state index >= 15 is 0 Å². The molecule has 0 bridgehead atoms. The summed E-state index contributed by atoms with van der Waals surface area (Å²) in [6.45, 7) is 10.2. The first-order valence-corrected chi connectivity index (χ1v) is 9.98. The smallest absolute Gasteiger partial charge is 0.242 e. The minimum absolute atomic E-state index is 0.0176. The van der Waals surface area contributed by atoms with E-state index in [1.807, 2.05) is 71.0 Å². The molecule has 0 aromatic heterocycles. The molecule has 1 atom stereocenters. The lowest BCUT2D eigenvalue weighted by Crippen LogP contribution is -2.50. The molecule has 0 radical (unpaired) electrons. The highest BCUT2D eigenvalue weighted by atomic mass is 16.2. The number of carbonyl (C=O) groups is 2. The Morgan fingerprint density at radius 1 is 1.00 bits per heavy atom. The summed E-state index contributed by atoms with van der Waals surface area (Å²) in [5.74, 6) is -0.131. The lowest BCUT2D eigenvalue weighted by Gasteiger charge is -2.29. The molecule has 0 aliphatic heterocycles. The van der Waals surface area contributed by atoms with Crippen molar-refractivity contribution in [3.8, 4) is 0 Å². The van der Waals surface area contributed by atoms with Gasteiger partial charge in [0.2, 0.25) is 11.8 Å². The number of hydrogen-bond donors (Lipinski definition) is 1. The SMILES string of the molecule is Cc1ccc(C)c(CC(=O)N(CCc2ccccc2)[C@@H](C)C(=O)NC(C)C)c1. The molecule has 0 saturated heterocycles. The van der Waals surface area contributed by atoms with Gasteiger partial charge in [-0.2, -0.15) is 0 Å². The molecule has 0 saturated carbocycles. The fourth-order valence-corrected chi connectivity index (χ4v) is 3.23. The highest BCUT2D eigenvalue weighted by molar-refractivity contribution is 5.88. The third kappa shape index (κ3) is 6.22. The maximum Gasteiger partial charge on any atom is 0.242 e. The summed E-state index contributed by atoms with van der Waals surface area (Å²) < 4.78 is 0. The number of rotatable bonds is 8. The summed E-state index contributed by atoms with van der Waals surface area (Å²) in [6, 6.07) is 15.7. The van der Waals surface area contributed by atoms with Gasteiger partial charge >= 0.3 is 0 Å². The van der Waals surface area contributed by atoms with Gasteiger partial charge in [-0.15, -0.1) is 0 Å². The quantitative estimate of drug-likeness (QED) is 0.757. The molecule has 1 N–H and O–H groups in total. The van der Waals surface area contributed by atoms with E-state index in [0.717, 1.165) is 28.7 Å². The molecule has 2 amide bonds. The van der Waals surface area contributed by atoms with Crippen molar-refractivity contribution in [2.75, 3.05) is 6.54 Å². The van der Waals surface area contributed by atoms with Crippen molar-refractivity contribution in [1.82, 2.24) is 10.2 Å². The zero-order valence-corrected chi connectivity index (χ0v) is 17.7. The van der Waals surface area contributed by atoms with Crippen molar-refractivity contribution in [2.24, 2.45) is 0 Å². The van der Waals surface area contributed by atoms with Crippen molar-refractivity contribution >= 4 is 11.8 Å². The number of nitrogens with one attached hydrogen (secondary N) is 1. The zero-order valence-electron chi connectivity index (χ0n) is 17.7. The van der Waals surface area contributed by atoms with Crippen molar-refractivity contribution in [2.45, 2.75) is 59.5 Å². The minimum atomic E-state index is -0.510. The van der Waals surface area contributed by atoms with Crippen LogP contribution in [0.3, 0.4) is 0 Å². The van der Waals surface area contributed by atoms with Crippen molar-refractivity contribution in [1.29, 1.82) is 0 Å². The van der Waals surface area contributed by atoms with Gasteiger partial charge in [0.05, 0.1) is 6.42 Å². The van der Waals surface area contributed by atoms with Crippen LogP contribution in [0.15, 0.2) is 48.5 Å². The van der Waals surface area contributed by atoms with Crippen LogP contribution in [0.5, 0.6) is 0 Å². The Kier molecular flexibility index (Phi) is 7.80. The first-order chi connectivity index (χ1) is 13.3. The molecule has 2 rings (SSSR count). The summed E-state index contributed by atoms with van der Waals surface area (Å²) >= 11 is 0. The second-order valence-electron chi connectivity index (χ2n) is 7.77. The summed E-state index contributed by atoms with van der Waals surface area (Å²) in [6.07, 6.45) is 1.03. The van der Waals surface area contributed by atoms with Gasteiger partial charge in [0, 0.05) is 12.6 Å². The highest BCUT2D eigenvalue weighted by Crippen LogP contribution is 2.14. The number of amides is 2. The van der Waals surface area contributed by atoms with Gasteiger partial charge in [0.25, 0.3) is 0 Å². The molecule has 150 valence electrons. The van der Waals surface area contributed by atoms with Gasteiger partial charge < -0.3 is 10.2 Å². The lowest BCUT2D eigenvalue weighted by molar-refractivity contribution is -0.139. The van der Waals surface area contributed by atoms with Crippen LogP contribution in [-0.4, -0.2) is 35.3 Å². The van der Waals surface area contributed by atoms with E-state index in [-0.39, 0.29) is 17.9 Å². The topological polar surface area (TPSA) is 49.4 Å². The van der Waals surface area contributed by atoms with Crippen LogP contribution in [0.1, 0.15) is 43.0 Å². The monoisotopic (exact) mass is 380 g/mol. The maximum absolute atomic E-state index is 13.2. The van der Waals surface area contributed by atoms with Crippen LogP contribution in [0.25, 0.3) is 0 Å². The summed E-state index contributed by atoms with van der Waals surface area (Å²) in [7, 11) is 0. The van der Waals surface area contributed by atoms with Crippen LogP contribution in [0, 0.1) is 13.8 Å². The molecule has 0 aliphatic rings. The molecule has 0 aliphatic carbocycles. The maximum atomic E-state index is 13.2. The molecule has 0 spiro atoms. The van der Waals surface area contributed by atoms with Crippen LogP contribution in [-0.2, 0) is 22.4 Å². The van der Waals surface area contributed by atoms with E-state index < -0.39 is 6.04 Å². The number of carbonyl (C=O) groups excluding carboxylic acids is 2. The normalized spacial score (nSPS) is 11.9. The number of benzene rings is 2. The van der Waals surface area contributed by atoms with E-state index in [0.29, 0.717) is 13.0 Å². The summed E-state index contributed by atoms with van der Waals surface area (Å²) in [4.78, 5) is 27.5. The largest absolute Gasteiger partial charge is 0.352 e. The predicted molar refractivity (Wildman–Crippen MR) is 114 cm³/mol. The summed E-state index contributed by atoms with van der Waals surface area (Å²) in [5, 5.41) is 2.93. The zero-order chi connectivity index (χ0) is 20.7. The Hall–Kier alpha value is -2.62. The molecule has 2 aromatic rings. The Morgan fingerprint density at radius 3 is 2.32 bits per heavy atom. The minimum Gasteiger partial charge on any atom is -0.352 e. The molecule has 0 heterocycles. The number of aryl methyl sites for hydroxylation is 2. The van der Waals surface area contributed by atoms with Crippen LogP contribution < -0.4 is 5.32 Å². The Bertz CT molecular complexity index is 800. The molecule has 0 fully saturated rings. The molecule has 2 aromatic carbocycles. The van der Waals surface area contributed by atoms with E-state index in [1.165, 1.54) is 0 Å². The third-order valence-corrected chi connectivity index (χ3v) is 4.93. The lowest BCUT2D eigenvalue weighted by atomic mass is 10.0. The van der Waals surface area contributed by atoms with Gasteiger partial charge in [-0.25, -0.2) is 0 Å². The van der Waals surface area contributed by atoms with Crippen LogP contribution >= 0.6 is 0 Å². The third-order valence-electron chi connectivity index (χ3n) is 4.93. The van der Waals surface area contributed by atoms with Crippen molar-refractivity contribution in [3.63, 3.8) is 0 Å². The Morgan fingerprint density at radius 2 is 1.68 bits per heavy atom. The first kappa shape index (κ1) is 21.7. The van der Waals surface area contributed by atoms with E-state index in [4.69, 9.17) is 0 Å². The fraction of sp³-hybridized carbons (Fsp3) is 0.417. The van der Waals surface area contributed by atoms with Gasteiger partial charge in [0.1, 0.15) is 6.04 Å². The molecule has 4 nitrogen and oxygen atoms in total. The average molecular weight is 381 g/mol. The second-order valence-corrected chi connectivity index (χ2v) is 7.77. The Labute approximate surface area is 169 Å². The van der Waals surface area contributed by atoms with Crippen molar-refractivity contribution < 1.29 is 9.59 Å². The van der Waals surface area contributed by atoms with Crippen LogP contribution in [0.2, 0.25) is 0 Å². The molecule has 28 heavy (non-hydrogen) atoms. The fourth-order valence-electron chi connectivity index (χ4n) is 3.23. The molecular formula is C24H32N2O2. The predicted octanol–water partition coefficient (Wildman–Crippen LogP) is 3.83. The van der Waals surface area contributed by atoms with Gasteiger partial charge in [-0.3, -0.25) is 9.59 Å². The molecule has 4 heteroatoms. The van der Waals surface area contributed by atoms with E-state index in [9.17, 15) is 9.59 Å². The average Bonchev–Trinajstić information content (AvgIpc) is 2.65. The van der Waals surface area contributed by atoms with Crippen molar-refractivity contribution in [3.05, 3.63) is 70.8 Å². The molecular weight excluding hydrogens is 348 g/mol. The number of nitrogens with zero attached hydrogens (tertiary/aromatic N) is 1. The first-order valence-electron chi connectivity index (χ1n) is 9.98. The van der Waals surface area contributed by atoms with Gasteiger partial charge in [-0.05, 0) is 57.7 Å². The summed E-state index contributed by atoms with van der Waals surface area (Å²) in [5.41, 5.74) is 4.41. The molecule has 0 unspecified atom stereocenters.